The Morgan fingerprint density at radius 2 is 1.21 bits per heavy atom. The van der Waals surface area contributed by atoms with Gasteiger partial charge >= 0.3 is 11.9 Å². The summed E-state index contributed by atoms with van der Waals surface area (Å²) in [6, 6.07) is 0. The lowest BCUT2D eigenvalue weighted by Crippen LogP contribution is -2.33. The summed E-state index contributed by atoms with van der Waals surface area (Å²) in [5.74, 6) is -1.33. The van der Waals surface area contributed by atoms with E-state index in [0.29, 0.717) is 80.3 Å². The Morgan fingerprint density at radius 1 is 0.791 bits per heavy atom. The Balaban J connectivity index is 0.977. The molecule has 0 radical (unpaired) electrons. The molecular weight excluding hydrogens is 552 g/mol. The minimum absolute atomic E-state index is 0.119. The van der Waals surface area contributed by atoms with Crippen molar-refractivity contribution < 1.29 is 38.1 Å². The van der Waals surface area contributed by atoms with Gasteiger partial charge in [0.15, 0.2) is 0 Å². The number of rotatable bonds is 6. The highest BCUT2D eigenvalue weighted by atomic mass is 16.7. The van der Waals surface area contributed by atoms with Crippen molar-refractivity contribution in [3.63, 3.8) is 0 Å². The van der Waals surface area contributed by atoms with Gasteiger partial charge in [0.25, 0.3) is 0 Å². The summed E-state index contributed by atoms with van der Waals surface area (Å²) in [6.07, 6.45) is 8.74. The van der Waals surface area contributed by atoms with Crippen LogP contribution in [0.15, 0.2) is 47.6 Å². The van der Waals surface area contributed by atoms with Gasteiger partial charge in [-0.3, -0.25) is 9.59 Å². The van der Waals surface area contributed by atoms with Gasteiger partial charge in [0.1, 0.15) is 24.4 Å². The minimum Gasteiger partial charge on any atom is -0.455 e. The Morgan fingerprint density at radius 3 is 1.63 bits per heavy atom. The second-order valence-electron chi connectivity index (χ2n) is 13.2. The van der Waals surface area contributed by atoms with Crippen LogP contribution in [-0.2, 0) is 38.1 Å². The van der Waals surface area contributed by atoms with Crippen LogP contribution in [0.3, 0.4) is 0 Å². The fourth-order valence-electron chi connectivity index (χ4n) is 7.25. The molecule has 4 saturated heterocycles. The zero-order chi connectivity index (χ0) is 30.5. The van der Waals surface area contributed by atoms with E-state index in [0.717, 1.165) is 12.8 Å². The summed E-state index contributed by atoms with van der Waals surface area (Å²) >= 11 is 0. The van der Waals surface area contributed by atoms with Gasteiger partial charge in [0.2, 0.25) is 11.8 Å². The molecule has 0 bridgehead atoms. The zero-order valence-corrected chi connectivity index (χ0v) is 25.1. The molecule has 0 saturated carbocycles. The fourth-order valence-corrected chi connectivity index (χ4v) is 7.25. The highest BCUT2D eigenvalue weighted by molar-refractivity contribution is 5.94. The minimum atomic E-state index is -0.373. The van der Waals surface area contributed by atoms with E-state index in [9.17, 15) is 19.2 Å². The van der Waals surface area contributed by atoms with Gasteiger partial charge in [0.05, 0.1) is 11.2 Å². The molecule has 2 N–H and O–H groups in total. The van der Waals surface area contributed by atoms with Crippen LogP contribution in [0, 0.1) is 11.8 Å². The molecule has 4 fully saturated rings. The monoisotopic (exact) mass is 594 g/mol. The number of allylic oxidation sites excluding steroid dienone is 2. The molecule has 4 heterocycles. The number of epoxide rings is 2. The van der Waals surface area contributed by atoms with Gasteiger partial charge in [-0.1, -0.05) is 25.3 Å². The first-order valence-corrected chi connectivity index (χ1v) is 15.6. The van der Waals surface area contributed by atoms with Crippen LogP contribution in [0.1, 0.15) is 71.6 Å². The number of carbonyl (C=O) groups is 4. The first kappa shape index (κ1) is 29.8. The lowest BCUT2D eigenvalue weighted by Gasteiger charge is -2.20. The van der Waals surface area contributed by atoms with Crippen LogP contribution < -0.4 is 10.6 Å². The first-order chi connectivity index (χ1) is 20.5. The number of hydrogen-bond acceptors (Lipinski definition) is 8. The largest absolute Gasteiger partial charge is 0.455 e. The number of nitrogens with one attached hydrogen (secondary N) is 2. The topological polar surface area (TPSA) is 136 Å². The van der Waals surface area contributed by atoms with Crippen molar-refractivity contribution in [2.45, 2.75) is 107 Å². The van der Waals surface area contributed by atoms with Gasteiger partial charge in [-0.25, -0.2) is 9.59 Å². The van der Waals surface area contributed by atoms with E-state index >= 15 is 0 Å². The van der Waals surface area contributed by atoms with Gasteiger partial charge < -0.3 is 29.6 Å². The van der Waals surface area contributed by atoms with Crippen molar-refractivity contribution in [3.05, 3.63) is 47.6 Å². The van der Waals surface area contributed by atoms with E-state index in [4.69, 9.17) is 18.9 Å². The summed E-state index contributed by atoms with van der Waals surface area (Å²) in [4.78, 5) is 50.5. The summed E-state index contributed by atoms with van der Waals surface area (Å²) < 4.78 is 23.1. The second kappa shape index (κ2) is 11.4. The third-order valence-corrected chi connectivity index (χ3v) is 10.2. The molecule has 6 aliphatic rings. The van der Waals surface area contributed by atoms with Gasteiger partial charge in [-0.15, -0.1) is 0 Å². The van der Waals surface area contributed by atoms with Crippen LogP contribution >= 0.6 is 0 Å². The van der Waals surface area contributed by atoms with E-state index in [-0.39, 0.29) is 71.2 Å². The molecule has 43 heavy (non-hydrogen) atoms. The molecule has 6 rings (SSSR count). The molecule has 10 heteroatoms. The number of amides is 2. The maximum absolute atomic E-state index is 13.1. The molecule has 0 unspecified atom stereocenters. The van der Waals surface area contributed by atoms with E-state index < -0.39 is 0 Å². The normalized spacial score (nSPS) is 41.0. The highest BCUT2D eigenvalue weighted by Gasteiger charge is 2.62. The smallest absolute Gasteiger partial charge is 0.334 e. The Bertz CT molecular complexity index is 1220. The molecule has 4 aliphatic heterocycles. The van der Waals surface area contributed by atoms with Crippen LogP contribution in [0.5, 0.6) is 0 Å². The Hall–Kier alpha value is -3.24. The lowest BCUT2D eigenvalue weighted by molar-refractivity contribution is -0.140. The molecule has 0 aromatic rings. The summed E-state index contributed by atoms with van der Waals surface area (Å²) in [7, 11) is 0. The highest BCUT2D eigenvalue weighted by Crippen LogP contribution is 2.51. The number of ether oxygens (including phenoxy) is 4. The van der Waals surface area contributed by atoms with E-state index in [1.807, 2.05) is 26.0 Å². The standard InChI is InChI=1S/C33H42N2O8/c1-18-22-12-10-20(8-5-14-32(3)26(42-32)24(22)40-30(18)38)28(36)34-16-7-17-35-29(37)21-9-6-15-33(4)27(43-33)25-23(13-11-21)19(2)31(39)41-25/h8-9,22-27H,1-2,5-7,10-17H2,3-4H3,(H,34,36)(H,35,37)/b20-8+,21-9+/t22-,23-,24-,25-,26-,27-,32+,33+/m0/s1. The van der Waals surface area contributed by atoms with Gasteiger partial charge in [-0.2, -0.15) is 0 Å². The van der Waals surface area contributed by atoms with Gasteiger partial charge in [-0.05, 0) is 71.6 Å². The van der Waals surface area contributed by atoms with Crippen LogP contribution in [0.2, 0.25) is 0 Å². The molecule has 10 nitrogen and oxygen atoms in total. The molecular formula is C33H42N2O8. The van der Waals surface area contributed by atoms with Crippen LogP contribution in [-0.4, -0.2) is 72.5 Å². The molecule has 0 aromatic carbocycles. The van der Waals surface area contributed by atoms with Gasteiger partial charge in [0, 0.05) is 47.2 Å². The van der Waals surface area contributed by atoms with Crippen molar-refractivity contribution in [1.29, 1.82) is 0 Å². The van der Waals surface area contributed by atoms with Crippen LogP contribution in [0.4, 0.5) is 0 Å². The number of carbonyl (C=O) groups excluding carboxylic acids is 4. The third kappa shape index (κ3) is 5.83. The SMILES string of the molecule is C=C1C(=O)O[C@H]2[C@H]1CC/C(C(=O)NCCCNC(=O)/C1=C/CC[C@@]3(C)O[C@H]3[C@H]3OC(=O)C(=C)[C@@H]3CC1)=C\CC[C@@]1(C)O[C@@H]21. The molecule has 0 aromatic heterocycles. The molecule has 2 amide bonds. The quantitative estimate of drug-likeness (QED) is 0.207. The second-order valence-corrected chi connectivity index (χ2v) is 13.2. The number of hydrogen-bond donors (Lipinski definition) is 2. The predicted molar refractivity (Wildman–Crippen MR) is 155 cm³/mol. The van der Waals surface area contributed by atoms with Crippen molar-refractivity contribution in [2.24, 2.45) is 11.8 Å². The number of esters is 2. The number of fused-ring (bicyclic) bond motifs is 6. The summed E-state index contributed by atoms with van der Waals surface area (Å²) in [5, 5.41) is 5.98. The maximum atomic E-state index is 13.1. The lowest BCUT2D eigenvalue weighted by atomic mass is 9.83. The Kier molecular flexibility index (Phi) is 7.87. The summed E-state index contributed by atoms with van der Waals surface area (Å²) in [6.45, 7) is 12.8. The molecule has 8 atom stereocenters. The average molecular weight is 595 g/mol. The van der Waals surface area contributed by atoms with Crippen molar-refractivity contribution in [3.8, 4) is 0 Å². The van der Waals surface area contributed by atoms with Crippen molar-refractivity contribution in [2.75, 3.05) is 13.1 Å². The van der Waals surface area contributed by atoms with E-state index in [1.165, 1.54) is 0 Å². The van der Waals surface area contributed by atoms with Crippen LogP contribution in [0.25, 0.3) is 0 Å². The van der Waals surface area contributed by atoms with Crippen molar-refractivity contribution >= 4 is 23.8 Å². The summed E-state index contributed by atoms with van der Waals surface area (Å²) in [5.41, 5.74) is 1.59. The van der Waals surface area contributed by atoms with Crippen molar-refractivity contribution in [1.82, 2.24) is 10.6 Å². The average Bonchev–Trinajstić information content (AvgIpc) is 3.78. The zero-order valence-electron chi connectivity index (χ0n) is 25.1. The molecule has 0 spiro atoms. The van der Waals surface area contributed by atoms with E-state index in [1.54, 1.807) is 0 Å². The molecule has 2 aliphatic carbocycles. The maximum Gasteiger partial charge on any atom is 0.334 e. The Labute approximate surface area is 252 Å². The van der Waals surface area contributed by atoms with E-state index in [2.05, 4.69) is 23.8 Å². The molecule has 232 valence electrons. The fraction of sp³-hybridized carbons (Fsp3) is 0.636. The third-order valence-electron chi connectivity index (χ3n) is 10.2. The first-order valence-electron chi connectivity index (χ1n) is 15.6. The predicted octanol–water partition coefficient (Wildman–Crippen LogP) is 3.12.